The summed E-state index contributed by atoms with van der Waals surface area (Å²) < 4.78 is 1.72. The van der Waals surface area contributed by atoms with Crippen LogP contribution < -0.4 is 15.8 Å². The molecule has 0 bridgehead atoms. The van der Waals surface area contributed by atoms with Crippen molar-refractivity contribution in [3.8, 4) is 0 Å². The fourth-order valence-electron chi connectivity index (χ4n) is 1.84. The molecule has 102 valence electrons. The molecule has 1 N–H and O–H groups in total. The monoisotopic (exact) mass is 252 g/mol. The molecule has 1 aromatic heterocycles. The number of hydrogen-bond acceptors (Lipinski definition) is 4. The highest BCUT2D eigenvalue weighted by Gasteiger charge is 2.12. The minimum absolute atomic E-state index is 0.00847. The molecule has 1 rings (SSSR count). The van der Waals surface area contributed by atoms with Gasteiger partial charge in [-0.25, -0.2) is 4.98 Å². The summed E-state index contributed by atoms with van der Waals surface area (Å²) in [5, 5.41) is 3.26. The Balaban J connectivity index is 2.92. The van der Waals surface area contributed by atoms with Crippen molar-refractivity contribution >= 4 is 5.82 Å². The first-order chi connectivity index (χ1) is 8.61. The number of likely N-dealkylation sites (N-methyl/N-ethyl adjacent to an activating group) is 2. The summed E-state index contributed by atoms with van der Waals surface area (Å²) in [7, 11) is 0. The molecule has 5 heteroatoms. The van der Waals surface area contributed by atoms with E-state index >= 15 is 0 Å². The SMILES string of the molecule is CCNCCN(CC)c1nccn(C(C)C)c1=O. The molecule has 0 radical (unpaired) electrons. The molecule has 0 aromatic carbocycles. The highest BCUT2D eigenvalue weighted by atomic mass is 16.1. The number of nitrogens with zero attached hydrogens (tertiary/aromatic N) is 3. The zero-order chi connectivity index (χ0) is 13.5. The van der Waals surface area contributed by atoms with E-state index in [2.05, 4.69) is 17.2 Å². The van der Waals surface area contributed by atoms with Gasteiger partial charge < -0.3 is 14.8 Å². The summed E-state index contributed by atoms with van der Waals surface area (Å²) in [4.78, 5) is 18.5. The maximum Gasteiger partial charge on any atom is 0.293 e. The molecule has 0 spiro atoms. The molecule has 0 aliphatic carbocycles. The number of hydrogen-bond donors (Lipinski definition) is 1. The molecule has 0 aliphatic heterocycles. The second-order valence-electron chi connectivity index (χ2n) is 4.49. The maximum atomic E-state index is 12.3. The highest BCUT2D eigenvalue weighted by Crippen LogP contribution is 2.05. The lowest BCUT2D eigenvalue weighted by atomic mass is 10.3. The quantitative estimate of drug-likeness (QED) is 0.742. The van der Waals surface area contributed by atoms with Crippen LogP contribution in [0.1, 0.15) is 33.7 Å². The lowest BCUT2D eigenvalue weighted by Gasteiger charge is -2.22. The van der Waals surface area contributed by atoms with E-state index < -0.39 is 0 Å². The number of aromatic nitrogens is 2. The van der Waals surface area contributed by atoms with Crippen LogP contribution >= 0.6 is 0 Å². The average Bonchev–Trinajstić information content (AvgIpc) is 2.35. The van der Waals surface area contributed by atoms with Crippen molar-refractivity contribution in [1.82, 2.24) is 14.9 Å². The van der Waals surface area contributed by atoms with Crippen LogP contribution in [0.25, 0.3) is 0 Å². The van der Waals surface area contributed by atoms with Crippen LogP contribution in [0.5, 0.6) is 0 Å². The fourth-order valence-corrected chi connectivity index (χ4v) is 1.84. The Morgan fingerprint density at radius 1 is 1.44 bits per heavy atom. The Labute approximate surface area is 109 Å². The molecule has 0 amide bonds. The van der Waals surface area contributed by atoms with Gasteiger partial charge in [0.25, 0.3) is 5.56 Å². The smallest absolute Gasteiger partial charge is 0.293 e. The van der Waals surface area contributed by atoms with E-state index in [9.17, 15) is 4.79 Å². The van der Waals surface area contributed by atoms with Crippen molar-refractivity contribution in [2.24, 2.45) is 0 Å². The van der Waals surface area contributed by atoms with Gasteiger partial charge in [0.1, 0.15) is 0 Å². The molecule has 0 unspecified atom stereocenters. The molecular formula is C13H24N4O. The first kappa shape index (κ1) is 14.7. The topological polar surface area (TPSA) is 50.2 Å². The summed E-state index contributed by atoms with van der Waals surface area (Å²) in [6, 6.07) is 0.159. The highest BCUT2D eigenvalue weighted by molar-refractivity contribution is 5.35. The van der Waals surface area contributed by atoms with Gasteiger partial charge >= 0.3 is 0 Å². The van der Waals surface area contributed by atoms with Gasteiger partial charge in [-0.1, -0.05) is 6.92 Å². The van der Waals surface area contributed by atoms with E-state index in [1.54, 1.807) is 17.0 Å². The van der Waals surface area contributed by atoms with Crippen molar-refractivity contribution < 1.29 is 0 Å². The van der Waals surface area contributed by atoms with Gasteiger partial charge in [0.05, 0.1) is 0 Å². The molecule has 1 aromatic rings. The largest absolute Gasteiger partial charge is 0.351 e. The number of nitrogens with one attached hydrogen (secondary N) is 1. The van der Waals surface area contributed by atoms with Crippen LogP contribution in [-0.2, 0) is 0 Å². The summed E-state index contributed by atoms with van der Waals surface area (Å²) in [6.45, 7) is 11.5. The molecule has 5 nitrogen and oxygen atoms in total. The van der Waals surface area contributed by atoms with Crippen LogP contribution in [0.2, 0.25) is 0 Å². The van der Waals surface area contributed by atoms with Crippen molar-refractivity contribution in [2.75, 3.05) is 31.1 Å². The van der Waals surface area contributed by atoms with E-state index in [1.165, 1.54) is 0 Å². The third-order valence-corrected chi connectivity index (χ3v) is 2.90. The average molecular weight is 252 g/mol. The molecule has 1 heterocycles. The Morgan fingerprint density at radius 2 is 2.17 bits per heavy atom. The van der Waals surface area contributed by atoms with Crippen molar-refractivity contribution in [3.05, 3.63) is 22.7 Å². The number of rotatable bonds is 7. The Kier molecular flexibility index (Phi) is 5.85. The Hall–Kier alpha value is -1.36. The first-order valence-corrected chi connectivity index (χ1v) is 6.64. The summed E-state index contributed by atoms with van der Waals surface area (Å²) in [6.07, 6.45) is 3.45. The molecule has 18 heavy (non-hydrogen) atoms. The van der Waals surface area contributed by atoms with E-state index in [1.807, 2.05) is 25.7 Å². The second-order valence-corrected chi connectivity index (χ2v) is 4.49. The summed E-state index contributed by atoms with van der Waals surface area (Å²) in [5.74, 6) is 0.548. The van der Waals surface area contributed by atoms with E-state index in [0.717, 1.165) is 26.2 Å². The zero-order valence-corrected chi connectivity index (χ0v) is 11.8. The lowest BCUT2D eigenvalue weighted by molar-refractivity contribution is 0.569. The molecule has 0 atom stereocenters. The van der Waals surface area contributed by atoms with E-state index in [4.69, 9.17) is 0 Å². The molecule has 0 fully saturated rings. The normalized spacial score (nSPS) is 10.9. The second kappa shape index (κ2) is 7.16. The lowest BCUT2D eigenvalue weighted by Crippen LogP contribution is -2.38. The van der Waals surface area contributed by atoms with E-state index in [0.29, 0.717) is 5.82 Å². The molecule has 0 saturated carbocycles. The number of anilines is 1. The van der Waals surface area contributed by atoms with Gasteiger partial charge in [-0.3, -0.25) is 4.79 Å². The Bertz CT molecular complexity index is 414. The van der Waals surface area contributed by atoms with Gasteiger partial charge in [-0.2, -0.15) is 0 Å². The molecular weight excluding hydrogens is 228 g/mol. The van der Waals surface area contributed by atoms with Crippen molar-refractivity contribution in [1.29, 1.82) is 0 Å². The molecule has 0 saturated heterocycles. The standard InChI is InChI=1S/C13H24N4O/c1-5-14-7-9-16(6-2)12-13(18)17(11(3)4)10-8-15-12/h8,10-11,14H,5-7,9H2,1-4H3. The van der Waals surface area contributed by atoms with Gasteiger partial charge in [-0.15, -0.1) is 0 Å². The molecule has 0 aliphatic rings. The van der Waals surface area contributed by atoms with Gasteiger partial charge in [0, 0.05) is 38.1 Å². The predicted octanol–water partition coefficient (Wildman–Crippen LogP) is 1.26. The first-order valence-electron chi connectivity index (χ1n) is 6.64. The van der Waals surface area contributed by atoms with Crippen LogP contribution in [0.4, 0.5) is 5.82 Å². The van der Waals surface area contributed by atoms with Crippen molar-refractivity contribution in [2.45, 2.75) is 33.7 Å². The van der Waals surface area contributed by atoms with Gasteiger partial charge in [0.15, 0.2) is 5.82 Å². The van der Waals surface area contributed by atoms with Crippen LogP contribution in [0.3, 0.4) is 0 Å². The van der Waals surface area contributed by atoms with Crippen molar-refractivity contribution in [3.63, 3.8) is 0 Å². The van der Waals surface area contributed by atoms with Crippen LogP contribution in [0, 0.1) is 0 Å². The third kappa shape index (κ3) is 3.57. The minimum atomic E-state index is -0.00847. The van der Waals surface area contributed by atoms with Gasteiger partial charge in [-0.05, 0) is 27.3 Å². The van der Waals surface area contributed by atoms with Crippen LogP contribution in [-0.4, -0.2) is 35.7 Å². The fraction of sp³-hybridized carbons (Fsp3) is 0.692. The summed E-state index contributed by atoms with van der Waals surface area (Å²) in [5.41, 5.74) is -0.00847. The van der Waals surface area contributed by atoms with E-state index in [-0.39, 0.29) is 11.6 Å². The van der Waals surface area contributed by atoms with Crippen LogP contribution in [0.15, 0.2) is 17.2 Å². The zero-order valence-electron chi connectivity index (χ0n) is 11.8. The van der Waals surface area contributed by atoms with Gasteiger partial charge in [0.2, 0.25) is 0 Å². The minimum Gasteiger partial charge on any atom is -0.351 e. The Morgan fingerprint density at radius 3 is 2.72 bits per heavy atom. The maximum absolute atomic E-state index is 12.3. The third-order valence-electron chi connectivity index (χ3n) is 2.90. The summed E-state index contributed by atoms with van der Waals surface area (Å²) >= 11 is 0. The predicted molar refractivity (Wildman–Crippen MR) is 75.3 cm³/mol.